The molecule has 16 heavy (non-hydrogen) atoms. The summed E-state index contributed by atoms with van der Waals surface area (Å²) in [7, 11) is 0. The van der Waals surface area contributed by atoms with E-state index >= 15 is 0 Å². The molecule has 0 aliphatic rings. The van der Waals surface area contributed by atoms with Crippen molar-refractivity contribution in [3.05, 3.63) is 55.1 Å². The summed E-state index contributed by atoms with van der Waals surface area (Å²) in [6.45, 7) is 5.63. The normalized spacial score (nSPS) is 9.81. The average molecular weight is 211 g/mol. The molecule has 0 amide bonds. The van der Waals surface area contributed by atoms with E-state index in [2.05, 4.69) is 27.9 Å². The van der Waals surface area contributed by atoms with Crippen LogP contribution in [0.25, 0.3) is 11.1 Å². The van der Waals surface area contributed by atoms with Crippen molar-refractivity contribution in [1.82, 2.24) is 9.97 Å². The smallest absolute Gasteiger partial charge is 0.132 e. The van der Waals surface area contributed by atoms with Crippen molar-refractivity contribution in [2.45, 2.75) is 6.92 Å². The summed E-state index contributed by atoms with van der Waals surface area (Å²) in [5.41, 5.74) is 3.23. The van der Waals surface area contributed by atoms with Gasteiger partial charge in [0.25, 0.3) is 0 Å². The van der Waals surface area contributed by atoms with Crippen molar-refractivity contribution < 1.29 is 0 Å². The molecule has 2 aromatic heterocycles. The van der Waals surface area contributed by atoms with Crippen molar-refractivity contribution in [1.29, 1.82) is 0 Å². The third-order valence-corrected chi connectivity index (χ3v) is 2.31. The van der Waals surface area contributed by atoms with Gasteiger partial charge in [-0.25, -0.2) is 4.98 Å². The zero-order valence-electron chi connectivity index (χ0n) is 9.14. The van der Waals surface area contributed by atoms with E-state index in [9.17, 15) is 0 Å². The predicted molar refractivity (Wildman–Crippen MR) is 66.0 cm³/mol. The maximum atomic E-state index is 4.33. The summed E-state index contributed by atoms with van der Waals surface area (Å²) in [6.07, 6.45) is 7.05. The Morgan fingerprint density at radius 3 is 2.81 bits per heavy atom. The Morgan fingerprint density at radius 2 is 2.19 bits per heavy atom. The van der Waals surface area contributed by atoms with Crippen LogP contribution in [0.4, 0.5) is 5.82 Å². The predicted octanol–water partition coefficient (Wildman–Crippen LogP) is 3.01. The van der Waals surface area contributed by atoms with E-state index in [1.54, 1.807) is 12.4 Å². The molecule has 0 spiro atoms. The maximum absolute atomic E-state index is 4.33. The molecule has 0 aromatic carbocycles. The third-order valence-electron chi connectivity index (χ3n) is 2.31. The van der Waals surface area contributed by atoms with E-state index in [0.29, 0.717) is 0 Å². The van der Waals surface area contributed by atoms with E-state index in [4.69, 9.17) is 0 Å². The number of hydrogen-bond acceptors (Lipinski definition) is 3. The van der Waals surface area contributed by atoms with Crippen molar-refractivity contribution in [2.24, 2.45) is 0 Å². The van der Waals surface area contributed by atoms with Crippen LogP contribution in [-0.4, -0.2) is 9.97 Å². The summed E-state index contributed by atoms with van der Waals surface area (Å²) in [5.74, 6) is 0.836. The summed E-state index contributed by atoms with van der Waals surface area (Å²) in [4.78, 5) is 8.42. The average Bonchev–Trinajstić information content (AvgIpc) is 2.33. The number of aryl methyl sites for hydroxylation is 1. The third kappa shape index (κ3) is 2.08. The largest absolute Gasteiger partial charge is 0.347 e. The van der Waals surface area contributed by atoms with Crippen LogP contribution in [0, 0.1) is 6.92 Å². The molecule has 0 aliphatic carbocycles. The van der Waals surface area contributed by atoms with Crippen LogP contribution in [0.2, 0.25) is 0 Å². The Bertz CT molecular complexity index is 492. The summed E-state index contributed by atoms with van der Waals surface area (Å²) in [5, 5.41) is 2.99. The Labute approximate surface area is 94.9 Å². The van der Waals surface area contributed by atoms with Gasteiger partial charge in [-0.2, -0.15) is 0 Å². The molecule has 0 bridgehead atoms. The van der Waals surface area contributed by atoms with Crippen LogP contribution in [0.5, 0.6) is 0 Å². The van der Waals surface area contributed by atoms with Crippen LogP contribution in [0.3, 0.4) is 0 Å². The number of nitrogens with zero attached hydrogens (tertiary/aromatic N) is 2. The van der Waals surface area contributed by atoms with Crippen molar-refractivity contribution in [2.75, 3.05) is 5.32 Å². The van der Waals surface area contributed by atoms with Crippen LogP contribution in [0.1, 0.15) is 5.56 Å². The molecule has 3 nitrogen and oxygen atoms in total. The molecule has 2 heterocycles. The molecule has 3 heteroatoms. The second kappa shape index (κ2) is 4.57. The van der Waals surface area contributed by atoms with Gasteiger partial charge in [-0.1, -0.05) is 12.6 Å². The van der Waals surface area contributed by atoms with E-state index < -0.39 is 0 Å². The van der Waals surface area contributed by atoms with Gasteiger partial charge >= 0.3 is 0 Å². The highest BCUT2D eigenvalue weighted by atomic mass is 15.0. The van der Waals surface area contributed by atoms with Crippen LogP contribution >= 0.6 is 0 Å². The summed E-state index contributed by atoms with van der Waals surface area (Å²) >= 11 is 0. The van der Waals surface area contributed by atoms with E-state index in [1.165, 1.54) is 0 Å². The molecule has 80 valence electrons. The topological polar surface area (TPSA) is 37.8 Å². The number of nitrogens with one attached hydrogen (secondary N) is 1. The highest BCUT2D eigenvalue weighted by Crippen LogP contribution is 2.21. The lowest BCUT2D eigenvalue weighted by Crippen LogP contribution is -1.94. The molecule has 0 radical (unpaired) electrons. The Morgan fingerprint density at radius 1 is 1.31 bits per heavy atom. The first-order valence-electron chi connectivity index (χ1n) is 5.06. The first kappa shape index (κ1) is 10.4. The van der Waals surface area contributed by atoms with Gasteiger partial charge in [0.1, 0.15) is 5.82 Å². The van der Waals surface area contributed by atoms with Crippen LogP contribution in [-0.2, 0) is 0 Å². The monoisotopic (exact) mass is 211 g/mol. The number of aromatic nitrogens is 2. The molecule has 0 unspecified atom stereocenters. The Hall–Kier alpha value is -2.16. The molecule has 2 aromatic rings. The van der Waals surface area contributed by atoms with E-state index in [-0.39, 0.29) is 0 Å². The fraction of sp³-hybridized carbons (Fsp3) is 0.0769. The Balaban J connectivity index is 2.38. The first-order valence-corrected chi connectivity index (χ1v) is 5.06. The minimum Gasteiger partial charge on any atom is -0.347 e. The quantitative estimate of drug-likeness (QED) is 0.848. The molecular formula is C13H13N3. The fourth-order valence-electron chi connectivity index (χ4n) is 1.51. The number of rotatable bonds is 3. The van der Waals surface area contributed by atoms with Gasteiger partial charge in [-0.15, -0.1) is 0 Å². The van der Waals surface area contributed by atoms with Gasteiger partial charge in [-0.05, 0) is 30.8 Å². The van der Waals surface area contributed by atoms with Gasteiger partial charge in [0.2, 0.25) is 0 Å². The highest BCUT2D eigenvalue weighted by Gasteiger charge is 2.02. The molecule has 1 N–H and O–H groups in total. The van der Waals surface area contributed by atoms with Crippen molar-refractivity contribution in [3.8, 4) is 11.1 Å². The fourth-order valence-corrected chi connectivity index (χ4v) is 1.51. The molecular weight excluding hydrogens is 198 g/mol. The van der Waals surface area contributed by atoms with E-state index in [1.807, 2.05) is 31.5 Å². The van der Waals surface area contributed by atoms with Crippen molar-refractivity contribution >= 4 is 5.82 Å². The summed E-state index contributed by atoms with van der Waals surface area (Å²) in [6, 6.07) is 6.01. The Kier molecular flexibility index (Phi) is 2.96. The zero-order valence-corrected chi connectivity index (χ0v) is 9.14. The standard InChI is InChI=1S/C13H13N3/c1-3-15-13-10(2)7-12(9-16-13)11-5-4-6-14-8-11/h3-9H,1H2,2H3,(H,15,16). The van der Waals surface area contributed by atoms with Gasteiger partial charge in [0, 0.05) is 29.7 Å². The maximum Gasteiger partial charge on any atom is 0.132 e. The second-order valence-electron chi connectivity index (χ2n) is 3.48. The minimum absolute atomic E-state index is 0.836. The minimum atomic E-state index is 0.836. The number of pyridine rings is 2. The van der Waals surface area contributed by atoms with Gasteiger partial charge in [0.15, 0.2) is 0 Å². The number of hydrogen-bond donors (Lipinski definition) is 1. The lowest BCUT2D eigenvalue weighted by Gasteiger charge is -2.06. The van der Waals surface area contributed by atoms with Gasteiger partial charge in [0.05, 0.1) is 0 Å². The highest BCUT2D eigenvalue weighted by molar-refractivity contribution is 5.64. The summed E-state index contributed by atoms with van der Waals surface area (Å²) < 4.78 is 0. The number of anilines is 1. The van der Waals surface area contributed by atoms with Crippen LogP contribution < -0.4 is 5.32 Å². The molecule has 0 saturated carbocycles. The molecule has 0 saturated heterocycles. The molecule has 0 fully saturated rings. The van der Waals surface area contributed by atoms with Crippen LogP contribution in [0.15, 0.2) is 49.6 Å². The lowest BCUT2D eigenvalue weighted by molar-refractivity contribution is 1.25. The SMILES string of the molecule is C=CNc1ncc(-c2cccnc2)cc1C. The van der Waals surface area contributed by atoms with Crippen molar-refractivity contribution in [3.63, 3.8) is 0 Å². The molecule has 2 rings (SSSR count). The molecule has 0 aliphatic heterocycles. The second-order valence-corrected chi connectivity index (χ2v) is 3.48. The van der Waals surface area contributed by atoms with Gasteiger partial charge < -0.3 is 5.32 Å². The van der Waals surface area contributed by atoms with Gasteiger partial charge in [-0.3, -0.25) is 4.98 Å². The first-order chi connectivity index (χ1) is 7.81. The lowest BCUT2D eigenvalue weighted by atomic mass is 10.1. The van der Waals surface area contributed by atoms with E-state index in [0.717, 1.165) is 22.5 Å². The zero-order chi connectivity index (χ0) is 11.4. The molecule has 0 atom stereocenters.